The summed E-state index contributed by atoms with van der Waals surface area (Å²) in [7, 11) is 1.74. The molecule has 6 heteroatoms. The molecule has 1 aromatic carbocycles. The number of benzene rings is 1. The van der Waals surface area contributed by atoms with Gasteiger partial charge in [-0.1, -0.05) is 11.6 Å². The number of nitrogens with two attached hydrogens (primary N) is 1. The molecule has 0 aliphatic carbocycles. The third-order valence-corrected chi connectivity index (χ3v) is 3.61. The van der Waals surface area contributed by atoms with Gasteiger partial charge in [0.25, 0.3) is 0 Å². The van der Waals surface area contributed by atoms with Crippen molar-refractivity contribution >= 4 is 17.4 Å². The molecule has 0 saturated carbocycles. The predicted octanol–water partition coefficient (Wildman–Crippen LogP) is 4.03. The van der Waals surface area contributed by atoms with E-state index in [0.717, 1.165) is 11.3 Å². The van der Waals surface area contributed by atoms with Crippen LogP contribution in [0, 0.1) is 12.7 Å². The molecule has 108 valence electrons. The molecule has 0 atom stereocenters. The monoisotopic (exact) mass is 305 g/mol. The lowest BCUT2D eigenvalue weighted by atomic mass is 10.0. The first-order valence-electron chi connectivity index (χ1n) is 6.30. The summed E-state index contributed by atoms with van der Waals surface area (Å²) >= 11 is 6.15. The summed E-state index contributed by atoms with van der Waals surface area (Å²) in [6.07, 6.45) is 1.61. The van der Waals surface area contributed by atoms with Crippen LogP contribution in [0.1, 0.15) is 5.76 Å². The van der Waals surface area contributed by atoms with Gasteiger partial charge in [-0.2, -0.15) is 5.10 Å². The zero-order chi connectivity index (χ0) is 15.1. The summed E-state index contributed by atoms with van der Waals surface area (Å²) in [5.41, 5.74) is 8.86. The fourth-order valence-electron chi connectivity index (χ4n) is 2.26. The van der Waals surface area contributed by atoms with Gasteiger partial charge in [0.05, 0.1) is 10.6 Å². The van der Waals surface area contributed by atoms with E-state index in [1.54, 1.807) is 24.1 Å². The highest BCUT2D eigenvalue weighted by molar-refractivity contribution is 6.33. The van der Waals surface area contributed by atoms with Gasteiger partial charge in [-0.25, -0.2) is 4.39 Å². The Balaban J connectivity index is 2.26. The van der Waals surface area contributed by atoms with Crippen LogP contribution < -0.4 is 5.73 Å². The average molecular weight is 306 g/mol. The highest BCUT2D eigenvalue weighted by Gasteiger charge is 2.20. The average Bonchev–Trinajstić information content (AvgIpc) is 2.96. The number of nitrogens with zero attached hydrogens (tertiary/aromatic N) is 2. The minimum Gasteiger partial charge on any atom is -0.469 e. The molecule has 0 spiro atoms. The molecular formula is C15H13ClFN3O. The molecule has 3 rings (SSSR count). The lowest BCUT2D eigenvalue weighted by molar-refractivity contribution is 0.535. The van der Waals surface area contributed by atoms with Crippen LogP contribution in [0.3, 0.4) is 0 Å². The molecule has 4 nitrogen and oxygen atoms in total. The van der Waals surface area contributed by atoms with E-state index in [1.165, 1.54) is 12.1 Å². The first kappa shape index (κ1) is 13.7. The number of aryl methyl sites for hydroxylation is 2. The SMILES string of the molecule is Cc1cc(-c2nn(C)c(N)c2-c2ccc(F)cc2Cl)co1. The van der Waals surface area contributed by atoms with Crippen molar-refractivity contribution in [3.63, 3.8) is 0 Å². The first-order chi connectivity index (χ1) is 9.97. The van der Waals surface area contributed by atoms with Crippen LogP contribution in [0.4, 0.5) is 10.2 Å². The van der Waals surface area contributed by atoms with Gasteiger partial charge in [0.1, 0.15) is 29.4 Å². The minimum absolute atomic E-state index is 0.288. The predicted molar refractivity (Wildman–Crippen MR) is 80.5 cm³/mol. The fraction of sp³-hybridized carbons (Fsp3) is 0.133. The minimum atomic E-state index is -0.396. The maximum atomic E-state index is 13.2. The summed E-state index contributed by atoms with van der Waals surface area (Å²) in [6, 6.07) is 6.07. The summed E-state index contributed by atoms with van der Waals surface area (Å²) in [6.45, 7) is 1.85. The van der Waals surface area contributed by atoms with Crippen molar-refractivity contribution in [2.45, 2.75) is 6.92 Å². The van der Waals surface area contributed by atoms with Gasteiger partial charge >= 0.3 is 0 Å². The number of rotatable bonds is 2. The molecular weight excluding hydrogens is 293 g/mol. The number of hydrogen-bond donors (Lipinski definition) is 1. The lowest BCUT2D eigenvalue weighted by Gasteiger charge is -2.06. The second kappa shape index (κ2) is 4.93. The van der Waals surface area contributed by atoms with Crippen molar-refractivity contribution < 1.29 is 8.81 Å². The summed E-state index contributed by atoms with van der Waals surface area (Å²) in [4.78, 5) is 0. The Kier molecular flexibility index (Phi) is 3.22. The van der Waals surface area contributed by atoms with E-state index in [-0.39, 0.29) is 5.02 Å². The smallest absolute Gasteiger partial charge is 0.129 e. The van der Waals surface area contributed by atoms with Gasteiger partial charge in [-0.05, 0) is 31.2 Å². The first-order valence-corrected chi connectivity index (χ1v) is 6.68. The van der Waals surface area contributed by atoms with E-state index < -0.39 is 5.82 Å². The van der Waals surface area contributed by atoms with E-state index in [4.69, 9.17) is 21.8 Å². The molecule has 2 heterocycles. The van der Waals surface area contributed by atoms with Gasteiger partial charge in [0.2, 0.25) is 0 Å². The number of halogens is 2. The second-order valence-electron chi connectivity index (χ2n) is 4.80. The van der Waals surface area contributed by atoms with Gasteiger partial charge in [0.15, 0.2) is 0 Å². The van der Waals surface area contributed by atoms with E-state index in [2.05, 4.69) is 5.10 Å². The third-order valence-electron chi connectivity index (χ3n) is 3.30. The molecule has 0 aliphatic heterocycles. The molecule has 0 bridgehead atoms. The third kappa shape index (κ3) is 2.29. The van der Waals surface area contributed by atoms with Crippen LogP contribution in [0.25, 0.3) is 22.4 Å². The summed E-state index contributed by atoms with van der Waals surface area (Å²) in [5, 5.41) is 4.70. The van der Waals surface area contributed by atoms with Crippen LogP contribution in [0.15, 0.2) is 34.9 Å². The van der Waals surface area contributed by atoms with Crippen LogP contribution in [-0.4, -0.2) is 9.78 Å². The Morgan fingerprint density at radius 1 is 1.33 bits per heavy atom. The van der Waals surface area contributed by atoms with Crippen molar-refractivity contribution in [2.24, 2.45) is 7.05 Å². The van der Waals surface area contributed by atoms with E-state index >= 15 is 0 Å². The van der Waals surface area contributed by atoms with Crippen LogP contribution in [0.5, 0.6) is 0 Å². The van der Waals surface area contributed by atoms with E-state index in [1.807, 2.05) is 13.0 Å². The number of furan rings is 1. The Labute approximate surface area is 125 Å². The molecule has 3 aromatic rings. The fourth-order valence-corrected chi connectivity index (χ4v) is 2.53. The van der Waals surface area contributed by atoms with Crippen molar-refractivity contribution in [1.29, 1.82) is 0 Å². The molecule has 0 fully saturated rings. The molecule has 0 aliphatic rings. The Bertz CT molecular complexity index is 822. The van der Waals surface area contributed by atoms with Crippen molar-refractivity contribution in [3.05, 3.63) is 47.1 Å². The zero-order valence-corrected chi connectivity index (χ0v) is 12.3. The summed E-state index contributed by atoms with van der Waals surface area (Å²) < 4.78 is 20.1. The Hall–Kier alpha value is -2.27. The van der Waals surface area contributed by atoms with Crippen LogP contribution in [0.2, 0.25) is 5.02 Å². The highest BCUT2D eigenvalue weighted by atomic mass is 35.5. The van der Waals surface area contributed by atoms with Crippen LogP contribution >= 0.6 is 11.6 Å². The topological polar surface area (TPSA) is 57.0 Å². The Morgan fingerprint density at radius 2 is 2.10 bits per heavy atom. The number of hydrogen-bond acceptors (Lipinski definition) is 3. The zero-order valence-electron chi connectivity index (χ0n) is 11.5. The maximum absolute atomic E-state index is 13.2. The number of aromatic nitrogens is 2. The number of anilines is 1. The standard InChI is InChI=1S/C15H13ClFN3O/c1-8-5-9(7-21-8)14-13(15(18)20(2)19-14)11-4-3-10(17)6-12(11)16/h3-7H,18H2,1-2H3. The lowest BCUT2D eigenvalue weighted by Crippen LogP contribution is -1.98. The molecule has 0 amide bonds. The van der Waals surface area contributed by atoms with Gasteiger partial charge in [-0.15, -0.1) is 0 Å². The van der Waals surface area contributed by atoms with Gasteiger partial charge in [0, 0.05) is 18.2 Å². The van der Waals surface area contributed by atoms with Crippen molar-refractivity contribution in [3.8, 4) is 22.4 Å². The van der Waals surface area contributed by atoms with Crippen molar-refractivity contribution in [1.82, 2.24) is 9.78 Å². The van der Waals surface area contributed by atoms with E-state index in [0.29, 0.717) is 22.6 Å². The molecule has 21 heavy (non-hydrogen) atoms. The normalized spacial score (nSPS) is 11.0. The molecule has 2 N–H and O–H groups in total. The molecule has 0 saturated heterocycles. The largest absolute Gasteiger partial charge is 0.469 e. The highest BCUT2D eigenvalue weighted by Crippen LogP contribution is 2.39. The Morgan fingerprint density at radius 3 is 2.71 bits per heavy atom. The van der Waals surface area contributed by atoms with Gasteiger partial charge in [-0.3, -0.25) is 4.68 Å². The second-order valence-corrected chi connectivity index (χ2v) is 5.21. The molecule has 0 radical (unpaired) electrons. The van der Waals surface area contributed by atoms with Crippen molar-refractivity contribution in [2.75, 3.05) is 5.73 Å². The quantitative estimate of drug-likeness (QED) is 0.777. The van der Waals surface area contributed by atoms with Gasteiger partial charge < -0.3 is 10.2 Å². The molecule has 2 aromatic heterocycles. The summed E-state index contributed by atoms with van der Waals surface area (Å²) in [5.74, 6) is 0.828. The van der Waals surface area contributed by atoms with Crippen LogP contribution in [-0.2, 0) is 7.05 Å². The molecule has 0 unspecified atom stereocenters. The maximum Gasteiger partial charge on any atom is 0.129 e. The number of nitrogen functional groups attached to an aromatic ring is 1. The van der Waals surface area contributed by atoms with E-state index in [9.17, 15) is 4.39 Å².